The van der Waals surface area contributed by atoms with Gasteiger partial charge in [-0.2, -0.15) is 0 Å². The molecule has 0 atom stereocenters. The van der Waals surface area contributed by atoms with Crippen molar-refractivity contribution in [1.82, 2.24) is 15.1 Å². The number of benzene rings is 2. The molecule has 4 rings (SSSR count). The largest absolute Gasteiger partial charge is 0.378 e. The number of hydrogen-bond acceptors (Lipinski definition) is 3. The van der Waals surface area contributed by atoms with Crippen molar-refractivity contribution in [2.24, 2.45) is 5.41 Å². The third kappa shape index (κ3) is 5.98. The van der Waals surface area contributed by atoms with E-state index in [1.165, 1.54) is 16.7 Å². The topological polar surface area (TPSA) is 61.9 Å². The number of aryl methyl sites for hydroxylation is 1. The second-order valence-corrected chi connectivity index (χ2v) is 9.49. The Kier molecular flexibility index (Phi) is 8.22. The Bertz CT molecular complexity index is 931. The van der Waals surface area contributed by atoms with Gasteiger partial charge in [-0.3, -0.25) is 4.79 Å². The molecule has 0 aromatic heterocycles. The summed E-state index contributed by atoms with van der Waals surface area (Å²) in [5, 5.41) is 3.23. The third-order valence-electron chi connectivity index (χ3n) is 7.27. The molecule has 0 saturated carbocycles. The molecule has 0 unspecified atom stereocenters. The van der Waals surface area contributed by atoms with Gasteiger partial charge >= 0.3 is 6.03 Å². The summed E-state index contributed by atoms with van der Waals surface area (Å²) in [5.41, 5.74) is 3.24. The lowest BCUT2D eigenvalue weighted by molar-refractivity contribution is -0.133. The molecule has 0 spiro atoms. The highest BCUT2D eigenvalue weighted by Gasteiger charge is 2.42. The number of carbonyl (C=O) groups excluding carboxylic acids is 2. The molecule has 2 fully saturated rings. The molecule has 34 heavy (non-hydrogen) atoms. The van der Waals surface area contributed by atoms with E-state index in [9.17, 15) is 9.59 Å². The molecule has 2 saturated heterocycles. The lowest BCUT2D eigenvalue weighted by Gasteiger charge is -2.42. The summed E-state index contributed by atoms with van der Waals surface area (Å²) in [6, 6.07) is 18.9. The molecule has 1 N–H and O–H groups in total. The van der Waals surface area contributed by atoms with Crippen LogP contribution in [0.25, 0.3) is 0 Å². The minimum atomic E-state index is -0.491. The van der Waals surface area contributed by atoms with E-state index < -0.39 is 5.41 Å². The highest BCUT2D eigenvalue weighted by Crippen LogP contribution is 2.36. The lowest BCUT2D eigenvalue weighted by atomic mass is 9.73. The van der Waals surface area contributed by atoms with Crippen LogP contribution in [-0.4, -0.2) is 67.7 Å². The molecule has 2 aliphatic rings. The quantitative estimate of drug-likeness (QED) is 0.681. The predicted molar refractivity (Wildman–Crippen MR) is 134 cm³/mol. The molecule has 6 heteroatoms. The second-order valence-electron chi connectivity index (χ2n) is 9.49. The van der Waals surface area contributed by atoms with Gasteiger partial charge in [0.15, 0.2) is 0 Å². The maximum Gasteiger partial charge on any atom is 0.320 e. The summed E-state index contributed by atoms with van der Waals surface area (Å²) in [7, 11) is 0. The Hall–Kier alpha value is -2.86. The number of nitrogens with one attached hydrogen (secondary N) is 1. The molecule has 0 radical (unpaired) electrons. The van der Waals surface area contributed by atoms with Crippen molar-refractivity contribution in [3.05, 3.63) is 71.3 Å². The highest BCUT2D eigenvalue weighted by molar-refractivity contribution is 5.83. The van der Waals surface area contributed by atoms with Crippen LogP contribution in [0.5, 0.6) is 0 Å². The Morgan fingerprint density at radius 3 is 2.12 bits per heavy atom. The first-order valence-corrected chi connectivity index (χ1v) is 12.6. The SMILES string of the molecule is CCc1ccc(CCNC(=O)C2(Cc3ccccc3)CCN(C(=O)N3CCOCC3)CC2)cc1. The Balaban J connectivity index is 1.39. The van der Waals surface area contributed by atoms with Gasteiger partial charge in [-0.05, 0) is 48.8 Å². The zero-order valence-corrected chi connectivity index (χ0v) is 20.3. The van der Waals surface area contributed by atoms with Gasteiger partial charge in [0.1, 0.15) is 0 Å². The van der Waals surface area contributed by atoms with Crippen LogP contribution < -0.4 is 5.32 Å². The molecule has 2 heterocycles. The number of amides is 3. The van der Waals surface area contributed by atoms with Crippen molar-refractivity contribution in [3.8, 4) is 0 Å². The number of hydrogen-bond donors (Lipinski definition) is 1. The van der Waals surface area contributed by atoms with E-state index in [1.807, 2.05) is 28.0 Å². The van der Waals surface area contributed by atoms with Crippen LogP contribution in [0.3, 0.4) is 0 Å². The number of morpholine rings is 1. The molecule has 0 aliphatic carbocycles. The maximum atomic E-state index is 13.6. The smallest absolute Gasteiger partial charge is 0.320 e. The van der Waals surface area contributed by atoms with E-state index in [0.717, 1.165) is 12.8 Å². The van der Waals surface area contributed by atoms with Crippen molar-refractivity contribution in [2.45, 2.75) is 39.0 Å². The normalized spacial score (nSPS) is 17.9. The minimum absolute atomic E-state index is 0.0764. The van der Waals surface area contributed by atoms with Gasteiger partial charge < -0.3 is 19.9 Å². The fourth-order valence-corrected chi connectivity index (χ4v) is 5.00. The number of carbonyl (C=O) groups is 2. The zero-order chi connectivity index (χ0) is 23.8. The summed E-state index contributed by atoms with van der Waals surface area (Å²) in [6.45, 7) is 6.47. The van der Waals surface area contributed by atoms with Gasteiger partial charge in [-0.15, -0.1) is 0 Å². The van der Waals surface area contributed by atoms with E-state index in [1.54, 1.807) is 0 Å². The van der Waals surface area contributed by atoms with Crippen LogP contribution in [0.2, 0.25) is 0 Å². The lowest BCUT2D eigenvalue weighted by Crippen LogP contribution is -2.55. The third-order valence-corrected chi connectivity index (χ3v) is 7.27. The minimum Gasteiger partial charge on any atom is -0.378 e. The first kappa shape index (κ1) is 24.3. The summed E-state index contributed by atoms with van der Waals surface area (Å²) < 4.78 is 5.38. The molecule has 2 aliphatic heterocycles. The van der Waals surface area contributed by atoms with Gasteiger partial charge in [0.2, 0.25) is 5.91 Å². The molecule has 2 aromatic carbocycles. The van der Waals surface area contributed by atoms with E-state index in [4.69, 9.17) is 4.74 Å². The van der Waals surface area contributed by atoms with Crippen molar-refractivity contribution in [3.63, 3.8) is 0 Å². The van der Waals surface area contributed by atoms with Crippen molar-refractivity contribution in [2.75, 3.05) is 45.9 Å². The first-order chi connectivity index (χ1) is 16.6. The molecule has 6 nitrogen and oxygen atoms in total. The van der Waals surface area contributed by atoms with Gasteiger partial charge in [0, 0.05) is 32.7 Å². The molecule has 2 aromatic rings. The number of ether oxygens (including phenoxy) is 1. The van der Waals surface area contributed by atoms with E-state index >= 15 is 0 Å². The van der Waals surface area contributed by atoms with Gasteiger partial charge in [-0.1, -0.05) is 61.5 Å². The first-order valence-electron chi connectivity index (χ1n) is 12.6. The van der Waals surface area contributed by atoms with Crippen LogP contribution in [0.15, 0.2) is 54.6 Å². The van der Waals surface area contributed by atoms with Gasteiger partial charge in [0.05, 0.1) is 18.6 Å². The predicted octanol–water partition coefficient (Wildman–Crippen LogP) is 3.68. The summed E-state index contributed by atoms with van der Waals surface area (Å²) >= 11 is 0. The number of urea groups is 1. The Morgan fingerprint density at radius 1 is 0.853 bits per heavy atom. The number of nitrogens with zero attached hydrogens (tertiary/aromatic N) is 2. The maximum absolute atomic E-state index is 13.6. The highest BCUT2D eigenvalue weighted by atomic mass is 16.5. The van der Waals surface area contributed by atoms with Gasteiger partial charge in [0.25, 0.3) is 0 Å². The van der Waals surface area contributed by atoms with E-state index in [0.29, 0.717) is 65.2 Å². The Labute approximate surface area is 203 Å². The fourth-order valence-electron chi connectivity index (χ4n) is 5.00. The summed E-state index contributed by atoms with van der Waals surface area (Å²) in [4.78, 5) is 30.3. The molecule has 0 bridgehead atoms. The molecule has 182 valence electrons. The zero-order valence-electron chi connectivity index (χ0n) is 20.3. The molecular formula is C28H37N3O3. The fraction of sp³-hybridized carbons (Fsp3) is 0.500. The number of likely N-dealkylation sites (tertiary alicyclic amines) is 1. The van der Waals surface area contributed by atoms with E-state index in [2.05, 4.69) is 48.6 Å². The van der Waals surface area contributed by atoms with Crippen molar-refractivity contribution in [1.29, 1.82) is 0 Å². The average Bonchev–Trinajstić information content (AvgIpc) is 2.90. The number of rotatable bonds is 7. The van der Waals surface area contributed by atoms with Gasteiger partial charge in [-0.25, -0.2) is 4.79 Å². The summed E-state index contributed by atoms with van der Waals surface area (Å²) in [5.74, 6) is 0.111. The van der Waals surface area contributed by atoms with Crippen molar-refractivity contribution < 1.29 is 14.3 Å². The number of piperidine rings is 1. The van der Waals surface area contributed by atoms with Crippen LogP contribution in [0, 0.1) is 5.41 Å². The Morgan fingerprint density at radius 2 is 1.47 bits per heavy atom. The molecule has 3 amide bonds. The summed E-state index contributed by atoms with van der Waals surface area (Å²) in [6.07, 6.45) is 3.90. The van der Waals surface area contributed by atoms with Crippen molar-refractivity contribution >= 4 is 11.9 Å². The second kappa shape index (κ2) is 11.5. The van der Waals surface area contributed by atoms with Crippen LogP contribution >= 0.6 is 0 Å². The monoisotopic (exact) mass is 463 g/mol. The molecular weight excluding hydrogens is 426 g/mol. The van der Waals surface area contributed by atoms with Crippen LogP contribution in [0.1, 0.15) is 36.5 Å². The van der Waals surface area contributed by atoms with E-state index in [-0.39, 0.29) is 11.9 Å². The standard InChI is InChI=1S/C28H37N3O3/c1-2-23-8-10-24(11-9-23)12-15-29-26(32)28(22-25-6-4-3-5-7-25)13-16-30(17-14-28)27(33)31-18-20-34-21-19-31/h3-11H,2,12-22H2,1H3,(H,29,32). The average molecular weight is 464 g/mol. The van der Waals surface area contributed by atoms with Crippen LogP contribution in [-0.2, 0) is 28.8 Å². The van der Waals surface area contributed by atoms with Crippen LogP contribution in [0.4, 0.5) is 4.79 Å².